The molecule has 0 aliphatic rings. The summed E-state index contributed by atoms with van der Waals surface area (Å²) in [5.41, 5.74) is 1.64. The highest BCUT2D eigenvalue weighted by Gasteiger charge is 2.12. The summed E-state index contributed by atoms with van der Waals surface area (Å²) in [6, 6.07) is 5.41. The number of hydrogen-bond acceptors (Lipinski definition) is 3. The van der Waals surface area contributed by atoms with E-state index in [1.807, 2.05) is 13.0 Å². The molecule has 0 radical (unpaired) electrons. The molecule has 4 heteroatoms. The minimum Gasteiger partial charge on any atom is -0.410 e. The Morgan fingerprint density at radius 1 is 1.50 bits per heavy atom. The van der Waals surface area contributed by atoms with Crippen molar-refractivity contribution >= 4 is 27.4 Å². The molecule has 0 saturated carbocycles. The van der Waals surface area contributed by atoms with Crippen molar-refractivity contribution in [1.82, 2.24) is 0 Å². The van der Waals surface area contributed by atoms with Gasteiger partial charge in [0, 0.05) is 17.0 Å². The zero-order valence-electron chi connectivity index (χ0n) is 7.91. The van der Waals surface area contributed by atoms with Gasteiger partial charge < -0.3 is 5.21 Å². The summed E-state index contributed by atoms with van der Waals surface area (Å²) in [7, 11) is 0. The fourth-order valence-electron chi connectivity index (χ4n) is 1.21. The molecule has 1 aromatic rings. The van der Waals surface area contributed by atoms with Gasteiger partial charge in [-0.15, -0.1) is 0 Å². The molecule has 74 valence electrons. The molecule has 0 bridgehead atoms. The second-order valence-corrected chi connectivity index (χ2v) is 3.88. The standard InChI is InChI=1S/C10H10BrNO2/c1-6-5-8(11)3-4-9(6)10(12-14)7(2)13/h3-5,14H,1-2H3. The predicted octanol–water partition coefficient (Wildman–Crippen LogP) is 2.52. The molecule has 14 heavy (non-hydrogen) atoms. The van der Waals surface area contributed by atoms with E-state index >= 15 is 0 Å². The summed E-state index contributed by atoms with van der Waals surface area (Å²) in [6.07, 6.45) is 0. The van der Waals surface area contributed by atoms with Crippen molar-refractivity contribution in [3.05, 3.63) is 33.8 Å². The Balaban J connectivity index is 3.25. The third-order valence-electron chi connectivity index (χ3n) is 1.88. The fourth-order valence-corrected chi connectivity index (χ4v) is 1.68. The van der Waals surface area contributed by atoms with Gasteiger partial charge in [-0.2, -0.15) is 0 Å². The molecule has 0 saturated heterocycles. The predicted molar refractivity (Wildman–Crippen MR) is 57.9 cm³/mol. The number of carbonyl (C=O) groups is 1. The van der Waals surface area contributed by atoms with Crippen LogP contribution in [0.1, 0.15) is 18.1 Å². The Morgan fingerprint density at radius 3 is 2.57 bits per heavy atom. The molecule has 0 aromatic heterocycles. The maximum Gasteiger partial charge on any atom is 0.182 e. The average molecular weight is 256 g/mol. The number of aryl methyl sites for hydroxylation is 1. The first-order valence-corrected chi connectivity index (χ1v) is 4.85. The first kappa shape index (κ1) is 10.9. The Morgan fingerprint density at radius 2 is 2.14 bits per heavy atom. The van der Waals surface area contributed by atoms with Crippen LogP contribution in [0.15, 0.2) is 27.8 Å². The van der Waals surface area contributed by atoms with Gasteiger partial charge in [0.15, 0.2) is 11.5 Å². The van der Waals surface area contributed by atoms with Gasteiger partial charge in [-0.05, 0) is 24.6 Å². The van der Waals surface area contributed by atoms with Crippen LogP contribution in [0.5, 0.6) is 0 Å². The van der Waals surface area contributed by atoms with E-state index in [1.54, 1.807) is 12.1 Å². The highest BCUT2D eigenvalue weighted by atomic mass is 79.9. The van der Waals surface area contributed by atoms with Gasteiger partial charge in [0.1, 0.15) is 0 Å². The minimum atomic E-state index is -0.252. The zero-order valence-corrected chi connectivity index (χ0v) is 9.50. The van der Waals surface area contributed by atoms with Crippen LogP contribution in [0.25, 0.3) is 0 Å². The monoisotopic (exact) mass is 255 g/mol. The lowest BCUT2D eigenvalue weighted by Gasteiger charge is -2.05. The molecule has 3 nitrogen and oxygen atoms in total. The van der Waals surface area contributed by atoms with E-state index in [0.29, 0.717) is 5.56 Å². The Kier molecular flexibility index (Phi) is 3.41. The lowest BCUT2D eigenvalue weighted by molar-refractivity contribution is -0.111. The van der Waals surface area contributed by atoms with E-state index in [-0.39, 0.29) is 11.5 Å². The summed E-state index contributed by atoms with van der Waals surface area (Å²) in [6.45, 7) is 3.23. The molecule has 0 aliphatic heterocycles. The van der Waals surface area contributed by atoms with E-state index in [2.05, 4.69) is 21.1 Å². The minimum absolute atomic E-state index is 0.0926. The maximum atomic E-state index is 11.1. The summed E-state index contributed by atoms with van der Waals surface area (Å²) < 4.78 is 0.930. The number of hydrogen-bond donors (Lipinski definition) is 1. The van der Waals surface area contributed by atoms with E-state index in [4.69, 9.17) is 5.21 Å². The van der Waals surface area contributed by atoms with E-state index < -0.39 is 0 Å². The summed E-state index contributed by atoms with van der Waals surface area (Å²) >= 11 is 3.32. The molecule has 0 unspecified atom stereocenters. The number of oxime groups is 1. The van der Waals surface area contributed by atoms with Crippen LogP contribution in [0.2, 0.25) is 0 Å². The SMILES string of the molecule is CC(=O)C(=NO)c1ccc(Br)cc1C. The Bertz CT molecular complexity index is 399. The molecule has 0 atom stereocenters. The van der Waals surface area contributed by atoms with E-state index in [1.165, 1.54) is 6.92 Å². The number of carbonyl (C=O) groups excluding carboxylic acids is 1. The van der Waals surface area contributed by atoms with Crippen LogP contribution in [-0.4, -0.2) is 16.7 Å². The normalized spacial score (nSPS) is 11.5. The molecule has 0 amide bonds. The first-order chi connectivity index (χ1) is 6.56. The quantitative estimate of drug-likeness (QED) is 0.502. The molecule has 0 heterocycles. The third-order valence-corrected chi connectivity index (χ3v) is 2.37. The van der Waals surface area contributed by atoms with Crippen molar-refractivity contribution in [1.29, 1.82) is 0 Å². The topological polar surface area (TPSA) is 49.7 Å². The number of Topliss-reactive ketones (excluding diaryl/α,β-unsaturated/α-hetero) is 1. The molecule has 1 rings (SSSR count). The second kappa shape index (κ2) is 4.37. The highest BCUT2D eigenvalue weighted by Crippen LogP contribution is 2.16. The molecule has 0 aliphatic carbocycles. The van der Waals surface area contributed by atoms with Crippen molar-refractivity contribution < 1.29 is 10.0 Å². The highest BCUT2D eigenvalue weighted by molar-refractivity contribution is 9.10. The van der Waals surface area contributed by atoms with Crippen LogP contribution in [0, 0.1) is 6.92 Å². The number of halogens is 1. The molecular formula is C10H10BrNO2. The number of benzene rings is 1. The van der Waals surface area contributed by atoms with Crippen LogP contribution in [0.3, 0.4) is 0 Å². The van der Waals surface area contributed by atoms with Gasteiger partial charge in [0.05, 0.1) is 0 Å². The summed E-state index contributed by atoms with van der Waals surface area (Å²) in [5.74, 6) is -0.252. The first-order valence-electron chi connectivity index (χ1n) is 4.05. The molecule has 1 aromatic carbocycles. The second-order valence-electron chi connectivity index (χ2n) is 2.96. The Hall–Kier alpha value is -1.16. The van der Waals surface area contributed by atoms with Crippen LogP contribution < -0.4 is 0 Å². The van der Waals surface area contributed by atoms with Crippen LogP contribution >= 0.6 is 15.9 Å². The molecule has 0 fully saturated rings. The van der Waals surface area contributed by atoms with Gasteiger partial charge in [0.25, 0.3) is 0 Å². The lowest BCUT2D eigenvalue weighted by atomic mass is 10.0. The third kappa shape index (κ3) is 2.20. The van der Waals surface area contributed by atoms with Crippen molar-refractivity contribution in [3.8, 4) is 0 Å². The molecular weight excluding hydrogens is 246 g/mol. The van der Waals surface area contributed by atoms with E-state index in [0.717, 1.165) is 10.0 Å². The summed E-state index contributed by atoms with van der Waals surface area (Å²) in [4.78, 5) is 11.1. The Labute approximate surface area is 90.6 Å². The molecule has 0 spiro atoms. The molecule has 1 N–H and O–H groups in total. The number of rotatable bonds is 2. The van der Waals surface area contributed by atoms with Crippen LogP contribution in [0.4, 0.5) is 0 Å². The van der Waals surface area contributed by atoms with Gasteiger partial charge >= 0.3 is 0 Å². The van der Waals surface area contributed by atoms with Crippen LogP contribution in [-0.2, 0) is 4.79 Å². The average Bonchev–Trinajstić information content (AvgIpc) is 2.09. The van der Waals surface area contributed by atoms with Crippen molar-refractivity contribution in [2.45, 2.75) is 13.8 Å². The summed E-state index contributed by atoms with van der Waals surface area (Å²) in [5, 5.41) is 11.7. The fraction of sp³-hybridized carbons (Fsp3) is 0.200. The van der Waals surface area contributed by atoms with Crippen molar-refractivity contribution in [3.63, 3.8) is 0 Å². The maximum absolute atomic E-state index is 11.1. The number of ketones is 1. The van der Waals surface area contributed by atoms with Gasteiger partial charge in [-0.1, -0.05) is 27.2 Å². The lowest BCUT2D eigenvalue weighted by Crippen LogP contribution is -2.13. The van der Waals surface area contributed by atoms with Crippen molar-refractivity contribution in [2.24, 2.45) is 5.16 Å². The van der Waals surface area contributed by atoms with Gasteiger partial charge in [0.2, 0.25) is 0 Å². The smallest absolute Gasteiger partial charge is 0.182 e. The van der Waals surface area contributed by atoms with Gasteiger partial charge in [-0.25, -0.2) is 0 Å². The van der Waals surface area contributed by atoms with Gasteiger partial charge in [-0.3, -0.25) is 4.79 Å². The number of nitrogens with zero attached hydrogens (tertiary/aromatic N) is 1. The van der Waals surface area contributed by atoms with Crippen molar-refractivity contribution in [2.75, 3.05) is 0 Å². The zero-order chi connectivity index (χ0) is 10.7. The largest absolute Gasteiger partial charge is 0.410 e. The van der Waals surface area contributed by atoms with E-state index in [9.17, 15) is 4.79 Å².